The molecule has 4 nitrogen and oxygen atoms in total. The molecule has 0 unspecified atom stereocenters. The number of benzene rings is 3. The molecule has 0 heterocycles. The van der Waals surface area contributed by atoms with Gasteiger partial charge in [-0.1, -0.05) is 54.1 Å². The zero-order valence-electron chi connectivity index (χ0n) is 13.6. The Labute approximate surface area is 146 Å². The lowest BCUT2D eigenvalue weighted by atomic mass is 9.99. The van der Waals surface area contributed by atoms with Crippen molar-refractivity contribution in [3.8, 4) is 11.1 Å². The van der Waals surface area contributed by atoms with Crippen LogP contribution in [0.4, 0.5) is 0 Å². The van der Waals surface area contributed by atoms with E-state index >= 15 is 0 Å². The van der Waals surface area contributed by atoms with E-state index < -0.39 is 15.7 Å². The molecule has 5 heteroatoms. The summed E-state index contributed by atoms with van der Waals surface area (Å²) >= 11 is 0. The van der Waals surface area contributed by atoms with Crippen LogP contribution in [-0.2, 0) is 9.84 Å². The van der Waals surface area contributed by atoms with Gasteiger partial charge < -0.3 is 5.73 Å². The number of aryl methyl sites for hydroxylation is 1. The van der Waals surface area contributed by atoms with E-state index in [0.29, 0.717) is 11.1 Å². The Morgan fingerprint density at radius 2 is 1.36 bits per heavy atom. The summed E-state index contributed by atoms with van der Waals surface area (Å²) in [6, 6.07) is 20.0. The lowest BCUT2D eigenvalue weighted by Gasteiger charge is -2.13. The van der Waals surface area contributed by atoms with E-state index in [-0.39, 0.29) is 15.4 Å². The van der Waals surface area contributed by atoms with Crippen molar-refractivity contribution in [2.45, 2.75) is 16.7 Å². The molecular formula is C20H17NO3S. The molecule has 0 aliphatic carbocycles. The Morgan fingerprint density at radius 3 is 2.00 bits per heavy atom. The fourth-order valence-corrected chi connectivity index (χ4v) is 4.17. The Morgan fingerprint density at radius 1 is 0.800 bits per heavy atom. The first-order valence-electron chi connectivity index (χ1n) is 7.71. The minimum atomic E-state index is -3.73. The highest BCUT2D eigenvalue weighted by Gasteiger charge is 2.23. The Balaban J connectivity index is 2.24. The fraction of sp³-hybridized carbons (Fsp3) is 0.0500. The van der Waals surface area contributed by atoms with E-state index in [1.54, 1.807) is 72.8 Å². The summed E-state index contributed by atoms with van der Waals surface area (Å²) in [7, 11) is -3.73. The van der Waals surface area contributed by atoms with Crippen LogP contribution in [0.1, 0.15) is 15.9 Å². The van der Waals surface area contributed by atoms with E-state index in [1.807, 2.05) is 6.92 Å². The monoisotopic (exact) mass is 351 g/mol. The molecule has 0 aliphatic rings. The van der Waals surface area contributed by atoms with Crippen LogP contribution in [0.2, 0.25) is 0 Å². The summed E-state index contributed by atoms with van der Waals surface area (Å²) < 4.78 is 26.2. The van der Waals surface area contributed by atoms with E-state index in [2.05, 4.69) is 0 Å². The van der Waals surface area contributed by atoms with Crippen LogP contribution in [0.3, 0.4) is 0 Å². The van der Waals surface area contributed by atoms with Gasteiger partial charge in [0.05, 0.1) is 9.79 Å². The summed E-state index contributed by atoms with van der Waals surface area (Å²) in [4.78, 5) is 12.1. The molecule has 0 spiro atoms. The molecular weight excluding hydrogens is 334 g/mol. The van der Waals surface area contributed by atoms with Crippen LogP contribution in [0, 0.1) is 6.92 Å². The Kier molecular flexibility index (Phi) is 4.42. The van der Waals surface area contributed by atoms with Crippen LogP contribution in [0.25, 0.3) is 11.1 Å². The maximum Gasteiger partial charge on any atom is 0.249 e. The molecule has 0 radical (unpaired) electrons. The number of primary amides is 1. The highest BCUT2D eigenvalue weighted by atomic mass is 32.2. The summed E-state index contributed by atoms with van der Waals surface area (Å²) in [5.41, 5.74) is 7.67. The minimum Gasteiger partial charge on any atom is -0.366 e. The van der Waals surface area contributed by atoms with Crippen molar-refractivity contribution in [2.24, 2.45) is 5.73 Å². The predicted octanol–water partition coefficient (Wildman–Crippen LogP) is 3.59. The average molecular weight is 351 g/mol. The van der Waals surface area contributed by atoms with Crippen LogP contribution >= 0.6 is 0 Å². The van der Waals surface area contributed by atoms with Crippen molar-refractivity contribution >= 4 is 15.7 Å². The highest BCUT2D eigenvalue weighted by Crippen LogP contribution is 2.33. The number of amides is 1. The Hall–Kier alpha value is -2.92. The molecule has 2 N–H and O–H groups in total. The first-order valence-corrected chi connectivity index (χ1v) is 9.19. The van der Waals surface area contributed by atoms with E-state index in [9.17, 15) is 13.2 Å². The molecule has 0 saturated carbocycles. The third-order valence-electron chi connectivity index (χ3n) is 3.99. The summed E-state index contributed by atoms with van der Waals surface area (Å²) in [6.45, 7) is 1.90. The molecule has 3 aromatic carbocycles. The number of hydrogen-bond donors (Lipinski definition) is 1. The lowest BCUT2D eigenvalue weighted by Crippen LogP contribution is -2.13. The number of hydrogen-bond acceptors (Lipinski definition) is 3. The van der Waals surface area contributed by atoms with Crippen LogP contribution < -0.4 is 5.73 Å². The summed E-state index contributed by atoms with van der Waals surface area (Å²) in [5.74, 6) is -0.599. The average Bonchev–Trinajstić information content (AvgIpc) is 2.62. The number of carbonyl (C=O) groups is 1. The zero-order chi connectivity index (χ0) is 18.0. The SMILES string of the molecule is Cc1ccc(S(=O)(=O)c2ccccc2-c2ccccc2C(N)=O)cc1. The zero-order valence-corrected chi connectivity index (χ0v) is 14.5. The lowest BCUT2D eigenvalue weighted by molar-refractivity contribution is 0.100. The maximum absolute atomic E-state index is 13.1. The van der Waals surface area contributed by atoms with E-state index in [0.717, 1.165) is 5.56 Å². The van der Waals surface area contributed by atoms with Gasteiger partial charge in [0, 0.05) is 11.1 Å². The molecule has 3 rings (SSSR count). The number of nitrogens with two attached hydrogens (primary N) is 1. The molecule has 0 saturated heterocycles. The van der Waals surface area contributed by atoms with Gasteiger partial charge in [-0.2, -0.15) is 0 Å². The molecule has 25 heavy (non-hydrogen) atoms. The molecule has 0 bridgehead atoms. The topological polar surface area (TPSA) is 77.2 Å². The van der Waals surface area contributed by atoms with Crippen molar-refractivity contribution in [3.05, 3.63) is 83.9 Å². The van der Waals surface area contributed by atoms with Gasteiger partial charge in [0.15, 0.2) is 0 Å². The first kappa shape index (κ1) is 16.9. The van der Waals surface area contributed by atoms with Crippen molar-refractivity contribution in [1.29, 1.82) is 0 Å². The number of carbonyl (C=O) groups excluding carboxylic acids is 1. The smallest absolute Gasteiger partial charge is 0.249 e. The van der Waals surface area contributed by atoms with Crippen LogP contribution in [0.5, 0.6) is 0 Å². The van der Waals surface area contributed by atoms with Crippen molar-refractivity contribution in [2.75, 3.05) is 0 Å². The third-order valence-corrected chi connectivity index (χ3v) is 5.82. The van der Waals surface area contributed by atoms with Crippen LogP contribution in [0.15, 0.2) is 82.6 Å². The second kappa shape index (κ2) is 6.53. The van der Waals surface area contributed by atoms with Gasteiger partial charge in [-0.05, 0) is 36.8 Å². The number of rotatable bonds is 4. The van der Waals surface area contributed by atoms with Gasteiger partial charge in [-0.3, -0.25) is 4.79 Å². The van der Waals surface area contributed by atoms with Gasteiger partial charge in [0.2, 0.25) is 15.7 Å². The van der Waals surface area contributed by atoms with Gasteiger partial charge >= 0.3 is 0 Å². The molecule has 0 atom stereocenters. The van der Waals surface area contributed by atoms with Gasteiger partial charge in [0.25, 0.3) is 0 Å². The molecule has 0 fully saturated rings. The second-order valence-corrected chi connectivity index (χ2v) is 7.64. The third kappa shape index (κ3) is 3.19. The van der Waals surface area contributed by atoms with Crippen molar-refractivity contribution in [1.82, 2.24) is 0 Å². The number of sulfone groups is 1. The molecule has 1 amide bonds. The fourth-order valence-electron chi connectivity index (χ4n) is 2.70. The van der Waals surface area contributed by atoms with Gasteiger partial charge in [0.1, 0.15) is 0 Å². The Bertz CT molecular complexity index is 1040. The second-order valence-electron chi connectivity index (χ2n) is 5.72. The van der Waals surface area contributed by atoms with Crippen LogP contribution in [-0.4, -0.2) is 14.3 Å². The summed E-state index contributed by atoms with van der Waals surface area (Å²) in [6.07, 6.45) is 0. The maximum atomic E-state index is 13.1. The van der Waals surface area contributed by atoms with E-state index in [4.69, 9.17) is 5.73 Å². The standard InChI is InChI=1S/C20H17NO3S/c1-14-10-12-15(13-11-14)25(23,24)19-9-5-4-7-17(19)16-6-2-3-8-18(16)20(21)22/h2-13H,1H3,(H2,21,22). The largest absolute Gasteiger partial charge is 0.366 e. The normalized spacial score (nSPS) is 11.2. The molecule has 0 aromatic heterocycles. The first-order chi connectivity index (χ1) is 11.9. The van der Waals surface area contributed by atoms with Gasteiger partial charge in [-0.15, -0.1) is 0 Å². The van der Waals surface area contributed by atoms with Gasteiger partial charge in [-0.25, -0.2) is 8.42 Å². The molecule has 0 aliphatic heterocycles. The summed E-state index contributed by atoms with van der Waals surface area (Å²) in [5, 5.41) is 0. The van der Waals surface area contributed by atoms with E-state index in [1.165, 1.54) is 0 Å². The quantitative estimate of drug-likeness (QED) is 0.780. The molecule has 126 valence electrons. The van der Waals surface area contributed by atoms with Crippen molar-refractivity contribution < 1.29 is 13.2 Å². The molecule has 3 aromatic rings. The predicted molar refractivity (Wildman–Crippen MR) is 97.0 cm³/mol. The highest BCUT2D eigenvalue weighted by molar-refractivity contribution is 7.91. The minimum absolute atomic E-state index is 0.146. The van der Waals surface area contributed by atoms with Crippen molar-refractivity contribution in [3.63, 3.8) is 0 Å².